The molecule has 21 heavy (non-hydrogen) atoms. The number of alkyl carbamates (subject to hydrolysis) is 1. The topological polar surface area (TPSA) is 122 Å². The Balaban J connectivity index is 2.64. The van der Waals surface area contributed by atoms with Gasteiger partial charge in [0.25, 0.3) is 5.91 Å². The van der Waals surface area contributed by atoms with Gasteiger partial charge in [-0.2, -0.15) is 0 Å². The summed E-state index contributed by atoms with van der Waals surface area (Å²) in [5, 5.41) is 9.27. The number of rotatable bonds is 6. The molecule has 0 radical (unpaired) electrons. The van der Waals surface area contributed by atoms with Crippen LogP contribution >= 0.6 is 0 Å². The molecule has 10 nitrogen and oxygen atoms in total. The Labute approximate surface area is 120 Å². The van der Waals surface area contributed by atoms with Crippen molar-refractivity contribution in [2.24, 2.45) is 0 Å². The van der Waals surface area contributed by atoms with Crippen LogP contribution in [0.25, 0.3) is 0 Å². The van der Waals surface area contributed by atoms with Crippen molar-refractivity contribution in [1.29, 1.82) is 0 Å². The first kappa shape index (κ1) is 16.6. The van der Waals surface area contributed by atoms with Crippen LogP contribution in [0, 0.1) is 6.92 Å². The molecule has 0 saturated carbocycles. The lowest BCUT2D eigenvalue weighted by Gasteiger charge is -2.04. The number of amides is 2. The van der Waals surface area contributed by atoms with E-state index in [4.69, 9.17) is 9.47 Å². The molecule has 0 aliphatic heterocycles. The number of nitrogens with one attached hydrogen (secondary N) is 1. The number of hydrogen-bond donors (Lipinski definition) is 1. The number of esters is 1. The fourth-order valence-corrected chi connectivity index (χ4v) is 1.33. The van der Waals surface area contributed by atoms with E-state index in [1.807, 2.05) is 5.32 Å². The molecule has 2 amide bonds. The van der Waals surface area contributed by atoms with E-state index in [1.54, 1.807) is 6.92 Å². The molecule has 0 spiro atoms. The summed E-state index contributed by atoms with van der Waals surface area (Å²) in [6.45, 7) is 1.63. The molecular formula is C11H16N4O6. The molecule has 1 N–H and O–H groups in total. The summed E-state index contributed by atoms with van der Waals surface area (Å²) in [6, 6.07) is 0. The molecule has 0 aliphatic rings. The van der Waals surface area contributed by atoms with Gasteiger partial charge in [0, 0.05) is 7.11 Å². The Morgan fingerprint density at radius 1 is 1.24 bits per heavy atom. The van der Waals surface area contributed by atoms with Crippen molar-refractivity contribution in [2.75, 3.05) is 27.4 Å². The molecule has 1 heterocycles. The Kier molecular flexibility index (Phi) is 6.27. The first-order valence-electron chi connectivity index (χ1n) is 5.93. The summed E-state index contributed by atoms with van der Waals surface area (Å²) in [4.78, 5) is 34.1. The fourth-order valence-electron chi connectivity index (χ4n) is 1.33. The molecule has 0 unspecified atom stereocenters. The van der Waals surface area contributed by atoms with E-state index in [0.717, 1.165) is 7.11 Å². The Bertz CT molecular complexity index is 527. The average Bonchev–Trinajstić information content (AvgIpc) is 2.80. The highest BCUT2D eigenvalue weighted by Gasteiger charge is 2.19. The Hall–Kier alpha value is -2.49. The maximum absolute atomic E-state index is 11.7. The van der Waals surface area contributed by atoms with Crippen LogP contribution in [0.15, 0.2) is 0 Å². The molecular weight excluding hydrogens is 284 g/mol. The van der Waals surface area contributed by atoms with E-state index >= 15 is 0 Å². The highest BCUT2D eigenvalue weighted by molar-refractivity contribution is 5.92. The number of hydrogen-bond acceptors (Lipinski definition) is 8. The summed E-state index contributed by atoms with van der Waals surface area (Å²) in [6.07, 6.45) is -0.878. The molecule has 1 aromatic heterocycles. The molecule has 116 valence electrons. The van der Waals surface area contributed by atoms with Crippen LogP contribution < -0.4 is 5.32 Å². The van der Waals surface area contributed by atoms with E-state index in [9.17, 15) is 14.4 Å². The van der Waals surface area contributed by atoms with Crippen LogP contribution in [0.5, 0.6) is 0 Å². The monoisotopic (exact) mass is 300 g/mol. The lowest BCUT2D eigenvalue weighted by molar-refractivity contribution is -0.121. The van der Waals surface area contributed by atoms with Crippen molar-refractivity contribution < 1.29 is 28.6 Å². The Morgan fingerprint density at radius 3 is 2.57 bits per heavy atom. The molecule has 0 aliphatic carbocycles. The molecule has 1 rings (SSSR count). The fraction of sp³-hybridized carbons (Fsp3) is 0.545. The van der Waals surface area contributed by atoms with Crippen LogP contribution in [-0.2, 0) is 25.5 Å². The minimum Gasteiger partial charge on any atom is -0.458 e. The zero-order valence-electron chi connectivity index (χ0n) is 11.9. The average molecular weight is 300 g/mol. The van der Waals surface area contributed by atoms with Crippen LogP contribution in [0.1, 0.15) is 16.2 Å². The van der Waals surface area contributed by atoms with E-state index in [0.29, 0.717) is 5.69 Å². The van der Waals surface area contributed by atoms with Crippen LogP contribution in [0.4, 0.5) is 4.79 Å². The predicted octanol–water partition coefficient (Wildman–Crippen LogP) is -0.728. The summed E-state index contributed by atoms with van der Waals surface area (Å²) >= 11 is 0. The smallest absolute Gasteiger partial charge is 0.413 e. The van der Waals surface area contributed by atoms with Crippen LogP contribution in [-0.4, -0.2) is 60.4 Å². The first-order chi connectivity index (χ1) is 9.99. The van der Waals surface area contributed by atoms with Crippen molar-refractivity contribution in [1.82, 2.24) is 20.3 Å². The van der Waals surface area contributed by atoms with Gasteiger partial charge in [-0.1, -0.05) is 5.21 Å². The van der Waals surface area contributed by atoms with Gasteiger partial charge in [-0.3, -0.25) is 10.1 Å². The summed E-state index contributed by atoms with van der Waals surface area (Å²) < 4.78 is 15.1. The molecule has 10 heteroatoms. The largest absolute Gasteiger partial charge is 0.458 e. The zero-order valence-corrected chi connectivity index (χ0v) is 11.9. The lowest BCUT2D eigenvalue weighted by atomic mass is 10.3. The number of nitrogens with zero attached hydrogens (tertiary/aromatic N) is 3. The number of imide groups is 1. The summed E-state index contributed by atoms with van der Waals surface area (Å²) in [5.74, 6) is -1.31. The molecule has 0 atom stereocenters. The van der Waals surface area contributed by atoms with Crippen molar-refractivity contribution in [2.45, 2.75) is 13.5 Å². The van der Waals surface area contributed by atoms with E-state index < -0.39 is 18.0 Å². The van der Waals surface area contributed by atoms with Crippen LogP contribution in [0.3, 0.4) is 0 Å². The van der Waals surface area contributed by atoms with Gasteiger partial charge in [-0.25, -0.2) is 14.3 Å². The van der Waals surface area contributed by atoms with Gasteiger partial charge in [-0.15, -0.1) is 5.10 Å². The van der Waals surface area contributed by atoms with Crippen molar-refractivity contribution in [3.63, 3.8) is 0 Å². The third-order valence-corrected chi connectivity index (χ3v) is 2.42. The summed E-state index contributed by atoms with van der Waals surface area (Å²) in [5.41, 5.74) is 0.342. The van der Waals surface area contributed by atoms with Crippen molar-refractivity contribution in [3.05, 3.63) is 11.4 Å². The van der Waals surface area contributed by atoms with Gasteiger partial charge < -0.3 is 14.2 Å². The molecule has 0 aromatic carbocycles. The van der Waals surface area contributed by atoms with Crippen molar-refractivity contribution in [3.8, 4) is 0 Å². The van der Waals surface area contributed by atoms with Gasteiger partial charge >= 0.3 is 12.1 Å². The van der Waals surface area contributed by atoms with Gasteiger partial charge in [0.05, 0.1) is 19.4 Å². The zero-order chi connectivity index (χ0) is 15.8. The second kappa shape index (κ2) is 7.94. The lowest BCUT2D eigenvalue weighted by Crippen LogP contribution is -2.33. The van der Waals surface area contributed by atoms with E-state index in [1.165, 1.54) is 11.8 Å². The Morgan fingerprint density at radius 2 is 1.95 bits per heavy atom. The minimum atomic E-state index is -0.878. The number of carbonyl (C=O) groups excluding carboxylic acids is 3. The quantitative estimate of drug-likeness (QED) is 0.539. The number of methoxy groups -OCH3 is 2. The number of aromatic nitrogens is 3. The SMILES string of the molecule is COCCOC(=O)c1nnn(CC(=O)NC(=O)OC)c1C. The van der Waals surface area contributed by atoms with Gasteiger partial charge in [0.15, 0.2) is 5.69 Å². The predicted molar refractivity (Wildman–Crippen MR) is 67.5 cm³/mol. The normalized spacial score (nSPS) is 10.0. The summed E-state index contributed by atoms with van der Waals surface area (Å²) in [7, 11) is 2.62. The second-order valence-electron chi connectivity index (χ2n) is 3.85. The molecule has 1 aromatic rings. The first-order valence-corrected chi connectivity index (χ1v) is 5.93. The number of ether oxygens (including phenoxy) is 3. The maximum atomic E-state index is 11.7. The standard InChI is InChI=1S/C11H16N4O6/c1-7-9(10(17)21-5-4-19-2)13-14-15(7)6-8(16)12-11(18)20-3/h4-6H2,1-3H3,(H,12,16,18). The molecule has 0 saturated heterocycles. The highest BCUT2D eigenvalue weighted by atomic mass is 16.6. The number of carbonyl (C=O) groups is 3. The van der Waals surface area contributed by atoms with Gasteiger partial charge in [-0.05, 0) is 6.92 Å². The van der Waals surface area contributed by atoms with Gasteiger partial charge in [0.2, 0.25) is 0 Å². The van der Waals surface area contributed by atoms with Crippen LogP contribution in [0.2, 0.25) is 0 Å². The third-order valence-electron chi connectivity index (χ3n) is 2.42. The minimum absolute atomic E-state index is 0.00280. The van der Waals surface area contributed by atoms with Crippen molar-refractivity contribution >= 4 is 18.0 Å². The maximum Gasteiger partial charge on any atom is 0.413 e. The van der Waals surface area contributed by atoms with E-state index in [2.05, 4.69) is 15.0 Å². The third kappa shape index (κ3) is 4.84. The molecule has 0 bridgehead atoms. The highest BCUT2D eigenvalue weighted by Crippen LogP contribution is 2.05. The van der Waals surface area contributed by atoms with E-state index in [-0.39, 0.29) is 25.5 Å². The van der Waals surface area contributed by atoms with Gasteiger partial charge in [0.1, 0.15) is 13.2 Å². The molecule has 0 fully saturated rings. The second-order valence-corrected chi connectivity index (χ2v) is 3.85.